The number of hydrogen-bond donors (Lipinski definition) is 1. The first-order valence-electron chi connectivity index (χ1n) is 9.24. The average molecular weight is 396 g/mol. The van der Waals surface area contributed by atoms with Crippen LogP contribution in [-0.2, 0) is 0 Å². The van der Waals surface area contributed by atoms with E-state index >= 15 is 0 Å². The van der Waals surface area contributed by atoms with Gasteiger partial charge in [-0.3, -0.25) is 0 Å². The van der Waals surface area contributed by atoms with Gasteiger partial charge in [-0.2, -0.15) is 4.98 Å². The Morgan fingerprint density at radius 3 is 2.36 bits per heavy atom. The quantitative estimate of drug-likeness (QED) is 0.723. The number of piperazine rings is 1. The van der Waals surface area contributed by atoms with E-state index in [0.29, 0.717) is 11.0 Å². The van der Waals surface area contributed by atoms with Gasteiger partial charge in [-0.1, -0.05) is 11.6 Å². The summed E-state index contributed by atoms with van der Waals surface area (Å²) in [5.41, 5.74) is 2.93. The maximum Gasteiger partial charge on any atom is 0.229 e. The molecule has 0 radical (unpaired) electrons. The Hall–Kier alpha value is -2.93. The summed E-state index contributed by atoms with van der Waals surface area (Å²) >= 11 is 6.05. The van der Waals surface area contributed by atoms with Gasteiger partial charge in [-0.05, 0) is 43.7 Å². The van der Waals surface area contributed by atoms with Crippen LogP contribution in [0.3, 0.4) is 0 Å². The van der Waals surface area contributed by atoms with Gasteiger partial charge in [-0.15, -0.1) is 0 Å². The molecule has 0 unspecified atom stereocenters. The van der Waals surface area contributed by atoms with Crippen molar-refractivity contribution in [2.24, 2.45) is 0 Å². The van der Waals surface area contributed by atoms with Crippen molar-refractivity contribution in [1.29, 1.82) is 0 Å². The van der Waals surface area contributed by atoms with E-state index in [0.717, 1.165) is 54.9 Å². The molecule has 0 atom stereocenters. The predicted octanol–water partition coefficient (Wildman–Crippen LogP) is 3.61. The minimum absolute atomic E-state index is 0.592. The third-order valence-electron chi connectivity index (χ3n) is 4.71. The summed E-state index contributed by atoms with van der Waals surface area (Å²) in [6.45, 7) is 7.41. The second kappa shape index (κ2) is 7.98. The molecule has 8 heteroatoms. The normalized spacial score (nSPS) is 14.2. The molecule has 0 amide bonds. The second-order valence-corrected chi connectivity index (χ2v) is 7.23. The summed E-state index contributed by atoms with van der Waals surface area (Å²) in [5.74, 6) is 2.30. The maximum absolute atomic E-state index is 6.05. The first-order valence-corrected chi connectivity index (χ1v) is 9.62. The molecule has 0 spiro atoms. The van der Waals surface area contributed by atoms with Crippen LogP contribution in [0.4, 0.5) is 23.4 Å². The van der Waals surface area contributed by atoms with Crippen molar-refractivity contribution in [2.75, 3.05) is 41.3 Å². The lowest BCUT2D eigenvalue weighted by Gasteiger charge is -2.35. The molecule has 4 rings (SSSR count). The summed E-state index contributed by atoms with van der Waals surface area (Å²) in [5, 5.41) is 4.03. The highest BCUT2D eigenvalue weighted by atomic mass is 35.5. The smallest absolute Gasteiger partial charge is 0.229 e. The zero-order chi connectivity index (χ0) is 19.5. The largest absolute Gasteiger partial charge is 0.353 e. The number of rotatable bonds is 4. The molecule has 3 aromatic rings. The molecular formula is C20H22ClN7. The molecule has 1 aromatic carbocycles. The molecule has 0 aliphatic carbocycles. The summed E-state index contributed by atoms with van der Waals surface area (Å²) in [6.07, 6.45) is 3.55. The summed E-state index contributed by atoms with van der Waals surface area (Å²) in [6, 6.07) is 9.58. The van der Waals surface area contributed by atoms with Crippen LogP contribution >= 0.6 is 11.6 Å². The van der Waals surface area contributed by atoms with Crippen LogP contribution in [0.1, 0.15) is 11.3 Å². The van der Waals surface area contributed by atoms with Crippen molar-refractivity contribution < 1.29 is 0 Å². The van der Waals surface area contributed by atoms with Crippen molar-refractivity contribution in [3.8, 4) is 0 Å². The SMILES string of the molecule is Cc1cc(N2CCN(c3ncccn3)CC2)nc(Nc2ccc(Cl)cc2C)n1. The van der Waals surface area contributed by atoms with Gasteiger partial charge in [0.05, 0.1) is 0 Å². The molecule has 1 aliphatic rings. The topological polar surface area (TPSA) is 70.1 Å². The van der Waals surface area contributed by atoms with Crippen molar-refractivity contribution in [1.82, 2.24) is 19.9 Å². The maximum atomic E-state index is 6.05. The van der Waals surface area contributed by atoms with Crippen molar-refractivity contribution >= 4 is 35.0 Å². The number of hydrogen-bond acceptors (Lipinski definition) is 7. The Balaban J connectivity index is 1.48. The molecule has 0 saturated carbocycles. The van der Waals surface area contributed by atoms with Crippen molar-refractivity contribution in [2.45, 2.75) is 13.8 Å². The molecular weight excluding hydrogens is 374 g/mol. The summed E-state index contributed by atoms with van der Waals surface area (Å²) in [4.78, 5) is 22.4. The highest BCUT2D eigenvalue weighted by Crippen LogP contribution is 2.24. The summed E-state index contributed by atoms with van der Waals surface area (Å²) in [7, 11) is 0. The number of aryl methyl sites for hydroxylation is 2. The van der Waals surface area contributed by atoms with E-state index in [4.69, 9.17) is 16.6 Å². The Morgan fingerprint density at radius 2 is 1.64 bits per heavy atom. The second-order valence-electron chi connectivity index (χ2n) is 6.80. The number of nitrogens with zero attached hydrogens (tertiary/aromatic N) is 6. The molecule has 3 heterocycles. The van der Waals surface area contributed by atoms with Gasteiger partial charge in [0, 0.05) is 61.0 Å². The van der Waals surface area contributed by atoms with Crippen LogP contribution in [0.15, 0.2) is 42.7 Å². The molecule has 0 bridgehead atoms. The van der Waals surface area contributed by atoms with Gasteiger partial charge >= 0.3 is 0 Å². The van der Waals surface area contributed by atoms with Gasteiger partial charge in [0.25, 0.3) is 0 Å². The van der Waals surface area contributed by atoms with Gasteiger partial charge in [0.1, 0.15) is 5.82 Å². The lowest BCUT2D eigenvalue weighted by atomic mass is 10.2. The minimum Gasteiger partial charge on any atom is -0.353 e. The fraction of sp³-hybridized carbons (Fsp3) is 0.300. The van der Waals surface area contributed by atoms with E-state index in [1.165, 1.54) is 0 Å². The fourth-order valence-corrected chi connectivity index (χ4v) is 3.47. The number of nitrogens with one attached hydrogen (secondary N) is 1. The van der Waals surface area contributed by atoms with Crippen LogP contribution in [0.5, 0.6) is 0 Å². The lowest BCUT2D eigenvalue weighted by molar-refractivity contribution is 0.634. The molecule has 2 aromatic heterocycles. The van der Waals surface area contributed by atoms with Crippen molar-refractivity contribution in [3.63, 3.8) is 0 Å². The molecule has 1 fully saturated rings. The Labute approximate surface area is 169 Å². The van der Waals surface area contributed by atoms with E-state index in [9.17, 15) is 0 Å². The minimum atomic E-state index is 0.592. The van der Waals surface area contributed by atoms with E-state index in [2.05, 4.69) is 30.1 Å². The van der Waals surface area contributed by atoms with Crippen LogP contribution in [-0.4, -0.2) is 46.1 Å². The van der Waals surface area contributed by atoms with E-state index in [1.54, 1.807) is 12.4 Å². The number of anilines is 4. The van der Waals surface area contributed by atoms with Gasteiger partial charge < -0.3 is 15.1 Å². The predicted molar refractivity (Wildman–Crippen MR) is 113 cm³/mol. The number of halogens is 1. The van der Waals surface area contributed by atoms with E-state index in [-0.39, 0.29) is 0 Å². The molecule has 1 saturated heterocycles. The van der Waals surface area contributed by atoms with Crippen molar-refractivity contribution in [3.05, 3.63) is 59.0 Å². The Bertz CT molecular complexity index is 956. The standard InChI is InChI=1S/C20H22ClN7/c1-14-12-16(21)4-5-17(14)25-19-24-15(2)13-18(26-19)27-8-10-28(11-9-27)20-22-6-3-7-23-20/h3-7,12-13H,8-11H2,1-2H3,(H,24,25,26). The number of benzene rings is 1. The van der Waals surface area contributed by atoms with Crippen LogP contribution in [0.25, 0.3) is 0 Å². The van der Waals surface area contributed by atoms with Gasteiger partial charge in [0.2, 0.25) is 11.9 Å². The zero-order valence-corrected chi connectivity index (χ0v) is 16.7. The third kappa shape index (κ3) is 4.14. The molecule has 1 N–H and O–H groups in total. The van der Waals surface area contributed by atoms with E-state index in [1.807, 2.05) is 44.2 Å². The molecule has 28 heavy (non-hydrogen) atoms. The van der Waals surface area contributed by atoms with Crippen LogP contribution in [0, 0.1) is 13.8 Å². The Morgan fingerprint density at radius 1 is 0.929 bits per heavy atom. The zero-order valence-electron chi connectivity index (χ0n) is 15.9. The van der Waals surface area contributed by atoms with Gasteiger partial charge in [-0.25, -0.2) is 15.0 Å². The highest BCUT2D eigenvalue weighted by Gasteiger charge is 2.20. The summed E-state index contributed by atoms with van der Waals surface area (Å²) < 4.78 is 0. The molecule has 1 aliphatic heterocycles. The molecule has 7 nitrogen and oxygen atoms in total. The lowest BCUT2D eigenvalue weighted by Crippen LogP contribution is -2.47. The van der Waals surface area contributed by atoms with Gasteiger partial charge in [0.15, 0.2) is 0 Å². The van der Waals surface area contributed by atoms with Crippen LogP contribution < -0.4 is 15.1 Å². The average Bonchev–Trinajstić information content (AvgIpc) is 2.70. The van der Waals surface area contributed by atoms with E-state index < -0.39 is 0 Å². The first kappa shape index (κ1) is 18.4. The number of aromatic nitrogens is 4. The first-order chi connectivity index (χ1) is 13.6. The Kier molecular flexibility index (Phi) is 5.25. The molecule has 144 valence electrons. The third-order valence-corrected chi connectivity index (χ3v) is 4.95. The highest BCUT2D eigenvalue weighted by molar-refractivity contribution is 6.30. The fourth-order valence-electron chi connectivity index (χ4n) is 3.25. The van der Waals surface area contributed by atoms with Crippen LogP contribution in [0.2, 0.25) is 5.02 Å². The monoisotopic (exact) mass is 395 g/mol.